The Bertz CT molecular complexity index is 327. The normalized spacial score (nSPS) is 15.0. The van der Waals surface area contributed by atoms with Crippen molar-refractivity contribution in [3.05, 3.63) is 34.1 Å². The van der Waals surface area contributed by atoms with Crippen LogP contribution < -0.4 is 5.32 Å². The Morgan fingerprint density at radius 1 is 1.47 bits per heavy atom. The summed E-state index contributed by atoms with van der Waals surface area (Å²) in [6.07, 6.45) is 1.10. The van der Waals surface area contributed by atoms with E-state index in [1.807, 2.05) is 19.2 Å². The molecule has 1 rings (SSSR count). The van der Waals surface area contributed by atoms with Crippen molar-refractivity contribution in [1.82, 2.24) is 5.32 Å². The molecule has 0 aliphatic carbocycles. The fourth-order valence-corrected chi connectivity index (χ4v) is 2.12. The molecule has 0 radical (unpaired) electrons. The van der Waals surface area contributed by atoms with E-state index in [1.54, 1.807) is 0 Å². The molecule has 0 aliphatic heterocycles. The molecule has 3 heteroatoms. The van der Waals surface area contributed by atoms with Gasteiger partial charge in [0.25, 0.3) is 0 Å². The van der Waals surface area contributed by atoms with E-state index in [9.17, 15) is 4.39 Å². The van der Waals surface area contributed by atoms with Gasteiger partial charge in [0.1, 0.15) is 5.82 Å². The third kappa shape index (κ3) is 3.02. The highest BCUT2D eigenvalue weighted by Crippen LogP contribution is 2.27. The van der Waals surface area contributed by atoms with E-state index < -0.39 is 0 Å². The Balaban J connectivity index is 2.97. The molecule has 0 fully saturated rings. The van der Waals surface area contributed by atoms with Crippen LogP contribution >= 0.6 is 15.9 Å². The van der Waals surface area contributed by atoms with Crippen LogP contribution in [0.3, 0.4) is 0 Å². The lowest BCUT2D eigenvalue weighted by Gasteiger charge is -2.23. The highest BCUT2D eigenvalue weighted by atomic mass is 79.9. The zero-order valence-corrected chi connectivity index (χ0v) is 10.9. The third-order valence-electron chi connectivity index (χ3n) is 2.83. The predicted molar refractivity (Wildman–Crippen MR) is 65.4 cm³/mol. The zero-order valence-electron chi connectivity index (χ0n) is 9.35. The van der Waals surface area contributed by atoms with E-state index in [4.69, 9.17) is 0 Å². The molecule has 0 saturated carbocycles. The van der Waals surface area contributed by atoms with E-state index in [0.29, 0.717) is 10.4 Å². The van der Waals surface area contributed by atoms with Crippen LogP contribution in [0.1, 0.15) is 31.9 Å². The number of hydrogen-bond donors (Lipinski definition) is 1. The molecule has 1 aromatic carbocycles. The maximum Gasteiger partial charge on any atom is 0.137 e. The fourth-order valence-electron chi connectivity index (χ4n) is 1.72. The van der Waals surface area contributed by atoms with Crippen molar-refractivity contribution >= 4 is 15.9 Å². The summed E-state index contributed by atoms with van der Waals surface area (Å²) in [6, 6.07) is 5.48. The van der Waals surface area contributed by atoms with E-state index in [-0.39, 0.29) is 11.9 Å². The van der Waals surface area contributed by atoms with Gasteiger partial charge >= 0.3 is 0 Å². The summed E-state index contributed by atoms with van der Waals surface area (Å²) in [5.41, 5.74) is 1.13. The topological polar surface area (TPSA) is 12.0 Å². The second-order valence-corrected chi connectivity index (χ2v) is 4.68. The van der Waals surface area contributed by atoms with Gasteiger partial charge < -0.3 is 5.32 Å². The van der Waals surface area contributed by atoms with Gasteiger partial charge in [-0.25, -0.2) is 4.39 Å². The van der Waals surface area contributed by atoms with Crippen molar-refractivity contribution in [2.24, 2.45) is 5.92 Å². The van der Waals surface area contributed by atoms with E-state index in [2.05, 4.69) is 35.1 Å². The molecule has 0 spiro atoms. The maximum atomic E-state index is 13.1. The summed E-state index contributed by atoms with van der Waals surface area (Å²) in [7, 11) is 1.94. The molecule has 0 aromatic heterocycles. The monoisotopic (exact) mass is 273 g/mol. The third-order valence-corrected chi connectivity index (χ3v) is 3.43. The van der Waals surface area contributed by atoms with Crippen LogP contribution in [0.5, 0.6) is 0 Å². The molecule has 1 nitrogen and oxygen atoms in total. The van der Waals surface area contributed by atoms with Gasteiger partial charge in [-0.3, -0.25) is 0 Å². The Labute approximate surface area is 99.2 Å². The Kier molecular flexibility index (Phi) is 4.74. The highest BCUT2D eigenvalue weighted by Gasteiger charge is 2.16. The lowest BCUT2D eigenvalue weighted by atomic mass is 9.93. The summed E-state index contributed by atoms with van der Waals surface area (Å²) < 4.78 is 13.6. The largest absolute Gasteiger partial charge is 0.313 e. The first kappa shape index (κ1) is 12.7. The van der Waals surface area contributed by atoms with Crippen LogP contribution in [-0.4, -0.2) is 7.05 Å². The Morgan fingerprint density at radius 3 is 2.60 bits per heavy atom. The first-order valence-electron chi connectivity index (χ1n) is 5.22. The van der Waals surface area contributed by atoms with Crippen LogP contribution in [0.15, 0.2) is 22.7 Å². The molecule has 1 N–H and O–H groups in total. The summed E-state index contributed by atoms with van der Waals surface area (Å²) in [4.78, 5) is 0. The van der Waals surface area contributed by atoms with Gasteiger partial charge in [-0.15, -0.1) is 0 Å². The number of benzene rings is 1. The lowest BCUT2D eigenvalue weighted by molar-refractivity contribution is 0.400. The van der Waals surface area contributed by atoms with Crippen molar-refractivity contribution in [3.8, 4) is 0 Å². The quantitative estimate of drug-likeness (QED) is 0.878. The van der Waals surface area contributed by atoms with Crippen LogP contribution in [-0.2, 0) is 0 Å². The van der Waals surface area contributed by atoms with Gasteiger partial charge in [-0.2, -0.15) is 0 Å². The number of hydrogen-bond acceptors (Lipinski definition) is 1. The first-order chi connectivity index (χ1) is 7.10. The van der Waals surface area contributed by atoms with Crippen molar-refractivity contribution in [1.29, 1.82) is 0 Å². The van der Waals surface area contributed by atoms with Gasteiger partial charge in [0.05, 0.1) is 4.47 Å². The van der Waals surface area contributed by atoms with Gasteiger partial charge in [0, 0.05) is 6.04 Å². The molecule has 0 bridgehead atoms. The molecule has 0 amide bonds. The summed E-state index contributed by atoms with van der Waals surface area (Å²) in [5.74, 6) is 0.324. The minimum absolute atomic E-state index is 0.210. The van der Waals surface area contributed by atoms with Crippen LogP contribution in [0.4, 0.5) is 4.39 Å². The highest BCUT2D eigenvalue weighted by molar-refractivity contribution is 9.10. The average Bonchev–Trinajstić information content (AvgIpc) is 2.24. The molecule has 0 heterocycles. The minimum atomic E-state index is -0.210. The van der Waals surface area contributed by atoms with Crippen molar-refractivity contribution in [2.45, 2.75) is 26.3 Å². The van der Waals surface area contributed by atoms with Crippen LogP contribution in [0, 0.1) is 11.7 Å². The van der Waals surface area contributed by atoms with Crippen molar-refractivity contribution < 1.29 is 4.39 Å². The van der Waals surface area contributed by atoms with E-state index in [0.717, 1.165) is 12.0 Å². The van der Waals surface area contributed by atoms with Gasteiger partial charge in [-0.1, -0.05) is 26.3 Å². The van der Waals surface area contributed by atoms with Gasteiger partial charge in [0.2, 0.25) is 0 Å². The average molecular weight is 274 g/mol. The van der Waals surface area contributed by atoms with Crippen LogP contribution in [0.25, 0.3) is 0 Å². The standard InChI is InChI=1S/C12H17BrFN/c1-4-8(2)12(15-3)9-5-6-11(14)10(13)7-9/h5-8,12,15H,4H2,1-3H3. The fraction of sp³-hybridized carbons (Fsp3) is 0.500. The molecular formula is C12H17BrFN. The van der Waals surface area contributed by atoms with Gasteiger partial charge in [0.15, 0.2) is 0 Å². The summed E-state index contributed by atoms with van der Waals surface area (Å²) in [6.45, 7) is 4.35. The zero-order chi connectivity index (χ0) is 11.4. The first-order valence-corrected chi connectivity index (χ1v) is 6.01. The molecule has 0 saturated heterocycles. The molecule has 1 aromatic rings. The Hall–Kier alpha value is -0.410. The summed E-state index contributed by atoms with van der Waals surface area (Å²) in [5, 5.41) is 3.27. The van der Waals surface area contributed by atoms with E-state index >= 15 is 0 Å². The molecule has 2 atom stereocenters. The van der Waals surface area contributed by atoms with Crippen molar-refractivity contribution in [3.63, 3.8) is 0 Å². The maximum absolute atomic E-state index is 13.1. The van der Waals surface area contributed by atoms with E-state index in [1.165, 1.54) is 6.07 Å². The second kappa shape index (κ2) is 5.61. The SMILES string of the molecule is CCC(C)C(NC)c1ccc(F)c(Br)c1. The summed E-state index contributed by atoms with van der Waals surface area (Å²) >= 11 is 3.21. The molecule has 0 aliphatic rings. The Morgan fingerprint density at radius 2 is 2.13 bits per heavy atom. The smallest absolute Gasteiger partial charge is 0.137 e. The lowest BCUT2D eigenvalue weighted by Crippen LogP contribution is -2.23. The minimum Gasteiger partial charge on any atom is -0.313 e. The molecule has 2 unspecified atom stereocenters. The number of nitrogens with one attached hydrogen (secondary N) is 1. The van der Waals surface area contributed by atoms with Gasteiger partial charge in [-0.05, 0) is 46.6 Å². The van der Waals surface area contributed by atoms with Crippen LogP contribution in [0.2, 0.25) is 0 Å². The molecule has 84 valence electrons. The number of halogens is 2. The number of rotatable bonds is 4. The molecule has 15 heavy (non-hydrogen) atoms. The second-order valence-electron chi connectivity index (χ2n) is 3.83. The van der Waals surface area contributed by atoms with Crippen molar-refractivity contribution in [2.75, 3.05) is 7.05 Å². The predicted octanol–water partition coefficient (Wildman–Crippen LogP) is 3.89. The molecular weight excluding hydrogens is 257 g/mol.